The molecule has 158 valence electrons. The van der Waals surface area contributed by atoms with Crippen molar-refractivity contribution >= 4 is 54.6 Å². The van der Waals surface area contributed by atoms with Crippen LogP contribution in [0.5, 0.6) is 5.75 Å². The van der Waals surface area contributed by atoms with Crippen molar-refractivity contribution in [2.24, 2.45) is 0 Å². The van der Waals surface area contributed by atoms with Crippen LogP contribution >= 0.6 is 0 Å². The summed E-state index contributed by atoms with van der Waals surface area (Å²) in [5.74, 6) is 0.341. The molecule has 0 saturated carbocycles. The molecule has 9 nitrogen and oxygen atoms in total. The van der Waals surface area contributed by atoms with Gasteiger partial charge in [0, 0.05) is 34.7 Å². The van der Waals surface area contributed by atoms with Gasteiger partial charge in [-0.05, 0) is 24.3 Å². The summed E-state index contributed by atoms with van der Waals surface area (Å²) in [5.41, 5.74) is 2.81. The van der Waals surface area contributed by atoms with Gasteiger partial charge in [-0.2, -0.15) is 0 Å². The highest BCUT2D eigenvalue weighted by atomic mass is 32.2. The first-order valence-electron chi connectivity index (χ1n) is 9.15. The summed E-state index contributed by atoms with van der Waals surface area (Å²) in [6, 6.07) is 17.0. The van der Waals surface area contributed by atoms with E-state index in [-0.39, 0.29) is 5.69 Å². The number of ether oxygens (including phenoxy) is 1. The largest absolute Gasteiger partial charge is 0.494 e. The fourth-order valence-electron chi connectivity index (χ4n) is 3.33. The second-order valence-electron chi connectivity index (χ2n) is 6.88. The molecule has 10 heteroatoms. The summed E-state index contributed by atoms with van der Waals surface area (Å²) in [6.07, 6.45) is 1.06. The van der Waals surface area contributed by atoms with Crippen LogP contribution in [0.3, 0.4) is 0 Å². The van der Waals surface area contributed by atoms with Gasteiger partial charge in [-0.15, -0.1) is 0 Å². The van der Waals surface area contributed by atoms with Crippen molar-refractivity contribution in [2.75, 3.05) is 23.4 Å². The number of hydrogen-bond acceptors (Lipinski definition) is 7. The van der Waals surface area contributed by atoms with Gasteiger partial charge >= 0.3 is 0 Å². The first-order valence-corrected chi connectivity index (χ1v) is 11.0. The SMILES string of the molecule is COc1cc(Nc2c3ccccc3nc3cc([N+](=O)[O-])ccc23)ccc1NS(C)(=O)=O. The van der Waals surface area contributed by atoms with Crippen molar-refractivity contribution in [2.45, 2.75) is 0 Å². The Hall–Kier alpha value is -3.92. The third-order valence-corrected chi connectivity index (χ3v) is 5.23. The summed E-state index contributed by atoms with van der Waals surface area (Å²) >= 11 is 0. The number of anilines is 3. The maximum absolute atomic E-state index is 11.6. The van der Waals surface area contributed by atoms with E-state index in [4.69, 9.17) is 4.74 Å². The van der Waals surface area contributed by atoms with Crippen LogP contribution in [0, 0.1) is 10.1 Å². The van der Waals surface area contributed by atoms with E-state index in [1.54, 1.807) is 24.3 Å². The van der Waals surface area contributed by atoms with Crippen LogP contribution in [0.4, 0.5) is 22.7 Å². The van der Waals surface area contributed by atoms with E-state index in [2.05, 4.69) is 15.0 Å². The topological polar surface area (TPSA) is 123 Å². The molecule has 0 unspecified atom stereocenters. The van der Waals surface area contributed by atoms with E-state index in [9.17, 15) is 18.5 Å². The molecule has 31 heavy (non-hydrogen) atoms. The molecule has 4 aromatic rings. The first kappa shape index (κ1) is 20.4. The summed E-state index contributed by atoms with van der Waals surface area (Å²) in [5, 5.41) is 16.1. The molecular formula is C21H18N4O5S. The number of non-ortho nitro benzene ring substituents is 1. The van der Waals surface area contributed by atoms with Gasteiger partial charge in [-0.25, -0.2) is 13.4 Å². The van der Waals surface area contributed by atoms with E-state index in [1.807, 2.05) is 24.3 Å². The van der Waals surface area contributed by atoms with Crippen LogP contribution in [0.15, 0.2) is 60.7 Å². The van der Waals surface area contributed by atoms with Crippen LogP contribution in [0.1, 0.15) is 0 Å². The van der Waals surface area contributed by atoms with Crippen LogP contribution < -0.4 is 14.8 Å². The minimum absolute atomic E-state index is 0.0425. The molecule has 0 bridgehead atoms. The van der Waals surface area contributed by atoms with Crippen LogP contribution in [0.2, 0.25) is 0 Å². The van der Waals surface area contributed by atoms with Gasteiger partial charge in [0.2, 0.25) is 10.0 Å². The molecule has 3 aromatic carbocycles. The molecule has 0 atom stereocenters. The van der Waals surface area contributed by atoms with E-state index in [0.717, 1.165) is 17.3 Å². The Bertz CT molecular complexity index is 1440. The normalized spacial score (nSPS) is 11.4. The van der Waals surface area contributed by atoms with E-state index < -0.39 is 14.9 Å². The Morgan fingerprint density at radius 2 is 1.74 bits per heavy atom. The minimum Gasteiger partial charge on any atom is -0.494 e. The fraction of sp³-hybridized carbons (Fsp3) is 0.0952. The van der Waals surface area contributed by atoms with Gasteiger partial charge in [0.25, 0.3) is 5.69 Å². The Balaban J connectivity index is 1.86. The van der Waals surface area contributed by atoms with Gasteiger partial charge in [0.15, 0.2) is 0 Å². The second-order valence-corrected chi connectivity index (χ2v) is 8.63. The summed E-state index contributed by atoms with van der Waals surface area (Å²) in [6.45, 7) is 0. The maximum Gasteiger partial charge on any atom is 0.271 e. The Morgan fingerprint density at radius 1 is 1.00 bits per heavy atom. The highest BCUT2D eigenvalue weighted by Crippen LogP contribution is 2.36. The smallest absolute Gasteiger partial charge is 0.271 e. The standard InChI is InChI=1S/C21H18N4O5S/c1-30-20-11-13(7-10-18(20)24-31(2,28)29)22-21-15-5-3-4-6-17(15)23-19-12-14(25(26)27)8-9-16(19)21/h3-12,24H,1-2H3,(H,22,23). The monoisotopic (exact) mass is 438 g/mol. The van der Waals surface area contributed by atoms with E-state index in [0.29, 0.717) is 33.5 Å². The molecule has 0 radical (unpaired) electrons. The molecule has 0 amide bonds. The Morgan fingerprint density at radius 3 is 2.45 bits per heavy atom. The molecule has 0 aliphatic carbocycles. The predicted octanol–water partition coefficient (Wildman–Crippen LogP) is 4.42. The van der Waals surface area contributed by atoms with Crippen molar-refractivity contribution in [3.05, 3.63) is 70.8 Å². The number of sulfonamides is 1. The van der Waals surface area contributed by atoms with Crippen LogP contribution in [-0.4, -0.2) is 31.7 Å². The van der Waals surface area contributed by atoms with Gasteiger partial charge in [-0.1, -0.05) is 18.2 Å². The number of benzene rings is 3. The third kappa shape index (κ3) is 4.19. The quantitative estimate of drug-likeness (QED) is 0.259. The predicted molar refractivity (Wildman–Crippen MR) is 121 cm³/mol. The zero-order valence-corrected chi connectivity index (χ0v) is 17.4. The number of nitrogens with zero attached hydrogens (tertiary/aromatic N) is 2. The van der Waals surface area contributed by atoms with E-state index >= 15 is 0 Å². The molecule has 0 spiro atoms. The number of methoxy groups -OCH3 is 1. The number of nitrogens with one attached hydrogen (secondary N) is 2. The molecule has 0 saturated heterocycles. The molecule has 4 rings (SSSR count). The van der Waals surface area contributed by atoms with Crippen LogP contribution in [-0.2, 0) is 10.0 Å². The summed E-state index contributed by atoms with van der Waals surface area (Å²) in [7, 11) is -2.02. The first-order chi connectivity index (χ1) is 14.7. The van der Waals surface area contributed by atoms with Gasteiger partial charge < -0.3 is 10.1 Å². The lowest BCUT2D eigenvalue weighted by Gasteiger charge is -2.15. The number of rotatable bonds is 6. The lowest BCUT2D eigenvalue weighted by atomic mass is 10.1. The molecular weight excluding hydrogens is 420 g/mol. The number of fused-ring (bicyclic) bond motifs is 2. The zero-order chi connectivity index (χ0) is 22.2. The van der Waals surface area contributed by atoms with Crippen molar-refractivity contribution in [3.8, 4) is 5.75 Å². The van der Waals surface area contributed by atoms with Crippen molar-refractivity contribution in [1.29, 1.82) is 0 Å². The van der Waals surface area contributed by atoms with Gasteiger partial charge in [0.1, 0.15) is 5.75 Å². The number of nitro groups is 1. The molecule has 1 heterocycles. The third-order valence-electron chi connectivity index (χ3n) is 4.64. The molecule has 2 N–H and O–H groups in total. The Labute approximate surface area is 177 Å². The average molecular weight is 438 g/mol. The summed E-state index contributed by atoms with van der Waals surface area (Å²) in [4.78, 5) is 15.3. The van der Waals surface area contributed by atoms with Gasteiger partial charge in [-0.3, -0.25) is 14.8 Å². The lowest BCUT2D eigenvalue weighted by molar-refractivity contribution is -0.384. The fourth-order valence-corrected chi connectivity index (χ4v) is 3.90. The maximum atomic E-state index is 11.6. The number of pyridine rings is 1. The van der Waals surface area contributed by atoms with Gasteiger partial charge in [0.05, 0.1) is 40.7 Å². The lowest BCUT2D eigenvalue weighted by Crippen LogP contribution is -2.10. The van der Waals surface area contributed by atoms with Crippen molar-refractivity contribution in [1.82, 2.24) is 4.98 Å². The number of aromatic nitrogens is 1. The molecule has 0 aliphatic heterocycles. The van der Waals surface area contributed by atoms with Crippen molar-refractivity contribution in [3.63, 3.8) is 0 Å². The second kappa shape index (κ2) is 7.73. The number of hydrogen-bond donors (Lipinski definition) is 2. The average Bonchev–Trinajstić information content (AvgIpc) is 2.73. The Kier molecular flexibility index (Phi) is 5.07. The highest BCUT2D eigenvalue weighted by Gasteiger charge is 2.15. The van der Waals surface area contributed by atoms with E-state index in [1.165, 1.54) is 19.2 Å². The highest BCUT2D eigenvalue weighted by molar-refractivity contribution is 7.92. The molecule has 0 aliphatic rings. The summed E-state index contributed by atoms with van der Waals surface area (Å²) < 4.78 is 30.9. The zero-order valence-electron chi connectivity index (χ0n) is 16.6. The molecule has 1 aromatic heterocycles. The van der Waals surface area contributed by atoms with Crippen LogP contribution in [0.25, 0.3) is 21.8 Å². The minimum atomic E-state index is -3.46. The number of nitro benzene ring substituents is 1. The molecule has 0 fully saturated rings. The number of para-hydroxylation sites is 1. The van der Waals surface area contributed by atoms with Crippen molar-refractivity contribution < 1.29 is 18.1 Å².